The summed E-state index contributed by atoms with van der Waals surface area (Å²) in [7, 11) is 0. The lowest BCUT2D eigenvalue weighted by Crippen LogP contribution is -2.09. The zero-order chi connectivity index (χ0) is 15.2. The Morgan fingerprint density at radius 1 is 1.10 bits per heavy atom. The summed E-state index contributed by atoms with van der Waals surface area (Å²) in [5, 5.41) is 5.96. The number of hydrogen-bond acceptors (Lipinski definition) is 6. The van der Waals surface area contributed by atoms with E-state index in [1.54, 1.807) is 6.07 Å². The van der Waals surface area contributed by atoms with Crippen LogP contribution in [-0.4, -0.2) is 28.1 Å². The first-order valence-corrected chi connectivity index (χ1v) is 6.77. The molecule has 0 aliphatic carbocycles. The zero-order valence-electron chi connectivity index (χ0n) is 12.3. The fourth-order valence-corrected chi connectivity index (χ4v) is 1.78. The van der Waals surface area contributed by atoms with Crippen molar-refractivity contribution in [1.29, 1.82) is 0 Å². The van der Waals surface area contributed by atoms with Crippen LogP contribution in [0.15, 0.2) is 18.2 Å². The molecule has 0 atom stereocenters. The quantitative estimate of drug-likeness (QED) is 0.852. The van der Waals surface area contributed by atoms with Gasteiger partial charge in [0.1, 0.15) is 5.82 Å². The molecule has 0 saturated carbocycles. The molecule has 1 aromatic heterocycles. The van der Waals surface area contributed by atoms with Crippen molar-refractivity contribution in [3.63, 3.8) is 0 Å². The Morgan fingerprint density at radius 3 is 2.52 bits per heavy atom. The first-order valence-electron chi connectivity index (χ1n) is 6.77. The summed E-state index contributed by atoms with van der Waals surface area (Å²) in [4.78, 5) is 12.5. The van der Waals surface area contributed by atoms with E-state index in [1.165, 1.54) is 12.1 Å². The zero-order valence-corrected chi connectivity index (χ0v) is 12.3. The first-order chi connectivity index (χ1) is 10.1. The van der Waals surface area contributed by atoms with E-state index in [1.807, 2.05) is 20.8 Å². The third kappa shape index (κ3) is 4.27. The molecule has 21 heavy (non-hydrogen) atoms. The van der Waals surface area contributed by atoms with Gasteiger partial charge >= 0.3 is 6.01 Å². The van der Waals surface area contributed by atoms with Gasteiger partial charge in [0.05, 0.1) is 6.61 Å². The second-order valence-electron chi connectivity index (χ2n) is 4.37. The van der Waals surface area contributed by atoms with Gasteiger partial charge in [-0.05, 0) is 44.5 Å². The number of nitrogens with one attached hydrogen (secondary N) is 2. The van der Waals surface area contributed by atoms with Gasteiger partial charge in [0.25, 0.3) is 0 Å². The molecule has 0 saturated heterocycles. The van der Waals surface area contributed by atoms with E-state index in [0.29, 0.717) is 30.7 Å². The van der Waals surface area contributed by atoms with Crippen molar-refractivity contribution < 1.29 is 9.13 Å². The Balaban J connectivity index is 2.28. The van der Waals surface area contributed by atoms with Crippen LogP contribution in [0.2, 0.25) is 0 Å². The predicted molar refractivity (Wildman–Crippen MR) is 79.6 cm³/mol. The average Bonchev–Trinajstić information content (AvgIpc) is 2.37. The van der Waals surface area contributed by atoms with E-state index < -0.39 is 0 Å². The fourth-order valence-electron chi connectivity index (χ4n) is 1.78. The Labute approximate surface area is 122 Å². The number of anilines is 3. The number of benzene rings is 1. The summed E-state index contributed by atoms with van der Waals surface area (Å²) >= 11 is 0. The Kier molecular flexibility index (Phi) is 4.86. The summed E-state index contributed by atoms with van der Waals surface area (Å²) < 4.78 is 18.7. The van der Waals surface area contributed by atoms with Crippen molar-refractivity contribution in [2.45, 2.75) is 20.8 Å². The Bertz CT molecular complexity index is 576. The highest BCUT2D eigenvalue weighted by Crippen LogP contribution is 2.19. The largest absolute Gasteiger partial charge is 0.464 e. The molecule has 112 valence electrons. The summed E-state index contributed by atoms with van der Waals surface area (Å²) in [6.45, 7) is 6.73. The van der Waals surface area contributed by atoms with Crippen LogP contribution < -0.4 is 15.4 Å². The minimum Gasteiger partial charge on any atom is -0.464 e. The van der Waals surface area contributed by atoms with Gasteiger partial charge in [-0.3, -0.25) is 0 Å². The van der Waals surface area contributed by atoms with Crippen LogP contribution in [-0.2, 0) is 0 Å². The summed E-state index contributed by atoms with van der Waals surface area (Å²) in [5.41, 5.74) is 1.38. The normalized spacial score (nSPS) is 10.3. The highest BCUT2D eigenvalue weighted by molar-refractivity contribution is 5.55. The maximum absolute atomic E-state index is 13.4. The van der Waals surface area contributed by atoms with Crippen molar-refractivity contribution in [3.05, 3.63) is 29.6 Å². The number of halogens is 1. The van der Waals surface area contributed by atoms with Crippen LogP contribution in [0.3, 0.4) is 0 Å². The molecule has 0 aliphatic heterocycles. The molecule has 6 nitrogen and oxygen atoms in total. The van der Waals surface area contributed by atoms with Gasteiger partial charge < -0.3 is 15.4 Å². The predicted octanol–water partition coefficient (Wildman–Crippen LogP) is 2.89. The maximum Gasteiger partial charge on any atom is 0.323 e. The number of aromatic nitrogens is 3. The van der Waals surface area contributed by atoms with Crippen LogP contribution >= 0.6 is 0 Å². The Hall–Kier alpha value is -2.44. The van der Waals surface area contributed by atoms with Gasteiger partial charge in [-0.15, -0.1) is 0 Å². The van der Waals surface area contributed by atoms with Gasteiger partial charge in [0.15, 0.2) is 0 Å². The Morgan fingerprint density at radius 2 is 1.86 bits per heavy atom. The molecule has 0 amide bonds. The van der Waals surface area contributed by atoms with Crippen LogP contribution in [0.1, 0.15) is 19.4 Å². The third-order valence-electron chi connectivity index (χ3n) is 2.52. The van der Waals surface area contributed by atoms with E-state index in [4.69, 9.17) is 4.74 Å². The summed E-state index contributed by atoms with van der Waals surface area (Å²) in [6.07, 6.45) is 0. The van der Waals surface area contributed by atoms with Gasteiger partial charge in [-0.1, -0.05) is 0 Å². The first kappa shape index (κ1) is 15.0. The van der Waals surface area contributed by atoms with Crippen LogP contribution in [0.25, 0.3) is 0 Å². The fraction of sp³-hybridized carbons (Fsp3) is 0.357. The number of ether oxygens (including phenoxy) is 1. The van der Waals surface area contributed by atoms with Gasteiger partial charge in [0.2, 0.25) is 11.9 Å². The van der Waals surface area contributed by atoms with Crippen molar-refractivity contribution in [1.82, 2.24) is 15.0 Å². The standard InChI is InChI=1S/C14H18FN5O/c1-4-16-12-18-13(20-14(19-12)21-5-2)17-11-7-9(3)6-10(15)8-11/h6-8H,4-5H2,1-3H3,(H2,16,17,18,19,20). The minimum absolute atomic E-state index is 0.221. The van der Waals surface area contributed by atoms with E-state index in [0.717, 1.165) is 5.56 Å². The lowest BCUT2D eigenvalue weighted by molar-refractivity contribution is 0.312. The molecule has 7 heteroatoms. The molecule has 0 bridgehead atoms. The average molecular weight is 291 g/mol. The van der Waals surface area contributed by atoms with E-state index in [-0.39, 0.29) is 11.8 Å². The molecule has 0 unspecified atom stereocenters. The topological polar surface area (TPSA) is 72.0 Å². The van der Waals surface area contributed by atoms with E-state index in [2.05, 4.69) is 25.6 Å². The van der Waals surface area contributed by atoms with Gasteiger partial charge in [-0.2, -0.15) is 15.0 Å². The molecule has 2 rings (SSSR count). The smallest absolute Gasteiger partial charge is 0.323 e. The molecule has 1 heterocycles. The third-order valence-corrected chi connectivity index (χ3v) is 2.52. The van der Waals surface area contributed by atoms with Crippen molar-refractivity contribution >= 4 is 17.6 Å². The number of rotatable bonds is 6. The lowest BCUT2D eigenvalue weighted by Gasteiger charge is -2.10. The number of aryl methyl sites for hydroxylation is 1. The summed E-state index contributed by atoms with van der Waals surface area (Å²) in [6, 6.07) is 4.86. The van der Waals surface area contributed by atoms with Crippen molar-refractivity contribution in [2.75, 3.05) is 23.8 Å². The summed E-state index contributed by atoms with van der Waals surface area (Å²) in [5.74, 6) is 0.393. The molecule has 1 aromatic carbocycles. The van der Waals surface area contributed by atoms with Crippen LogP contribution in [0.5, 0.6) is 6.01 Å². The molecule has 0 fully saturated rings. The molecule has 2 aromatic rings. The maximum atomic E-state index is 13.4. The molecular weight excluding hydrogens is 273 g/mol. The highest BCUT2D eigenvalue weighted by atomic mass is 19.1. The molecule has 0 spiro atoms. The monoisotopic (exact) mass is 291 g/mol. The van der Waals surface area contributed by atoms with Crippen molar-refractivity contribution in [2.24, 2.45) is 0 Å². The number of nitrogens with zero attached hydrogens (tertiary/aromatic N) is 3. The number of hydrogen-bond donors (Lipinski definition) is 2. The van der Waals surface area contributed by atoms with Gasteiger partial charge in [-0.25, -0.2) is 4.39 Å². The van der Waals surface area contributed by atoms with Gasteiger partial charge in [0, 0.05) is 12.2 Å². The lowest BCUT2D eigenvalue weighted by atomic mass is 10.2. The van der Waals surface area contributed by atoms with Crippen LogP contribution in [0.4, 0.5) is 22.0 Å². The highest BCUT2D eigenvalue weighted by Gasteiger charge is 2.08. The SMILES string of the molecule is CCNc1nc(Nc2cc(C)cc(F)c2)nc(OCC)n1. The molecule has 0 radical (unpaired) electrons. The van der Waals surface area contributed by atoms with E-state index >= 15 is 0 Å². The van der Waals surface area contributed by atoms with E-state index in [9.17, 15) is 4.39 Å². The van der Waals surface area contributed by atoms with Crippen LogP contribution in [0, 0.1) is 12.7 Å². The second kappa shape index (κ2) is 6.83. The minimum atomic E-state index is -0.316. The second-order valence-corrected chi connectivity index (χ2v) is 4.37. The molecular formula is C14H18FN5O. The van der Waals surface area contributed by atoms with Crippen molar-refractivity contribution in [3.8, 4) is 6.01 Å². The molecule has 2 N–H and O–H groups in total. The molecule has 0 aliphatic rings.